The molecule has 0 fully saturated rings. The Balaban J connectivity index is 1.65. The molecule has 0 bridgehead atoms. The second kappa shape index (κ2) is 7.81. The first kappa shape index (κ1) is 19.6. The van der Waals surface area contributed by atoms with Crippen molar-refractivity contribution in [3.8, 4) is 5.82 Å². The Morgan fingerprint density at radius 1 is 1.14 bits per heavy atom. The number of carbonyl (C=O) groups is 1. The van der Waals surface area contributed by atoms with Crippen molar-refractivity contribution in [1.29, 1.82) is 0 Å². The molecule has 0 saturated heterocycles. The molecule has 9 heteroatoms. The normalized spacial score (nSPS) is 11.2. The van der Waals surface area contributed by atoms with E-state index < -0.39 is 10.0 Å². The van der Waals surface area contributed by atoms with Crippen LogP contribution in [0.15, 0.2) is 48.7 Å². The van der Waals surface area contributed by atoms with Crippen molar-refractivity contribution in [1.82, 2.24) is 20.1 Å². The topological polar surface area (TPSA) is 106 Å². The van der Waals surface area contributed by atoms with Gasteiger partial charge in [-0.15, -0.1) is 0 Å². The Bertz CT molecular complexity index is 1100. The number of hydrogen-bond donors (Lipinski definition) is 2. The monoisotopic (exact) mass is 399 g/mol. The third kappa shape index (κ3) is 4.95. The van der Waals surface area contributed by atoms with Gasteiger partial charge in [0.15, 0.2) is 5.82 Å². The number of rotatable bonds is 6. The predicted octanol–water partition coefficient (Wildman–Crippen LogP) is 2.19. The number of amides is 1. The standard InChI is InChI=1S/C19H21N5O3S/c1-13-9-14(2)24(22-13)18-8-7-15(11-20-18)12-21-19(25)16-5-4-6-17(10-16)23-28(3,26)27/h4-11,23H,12H2,1-3H3,(H,21,25). The summed E-state index contributed by atoms with van der Waals surface area (Å²) in [6.45, 7) is 4.18. The number of nitrogens with one attached hydrogen (secondary N) is 2. The van der Waals surface area contributed by atoms with Gasteiger partial charge in [-0.25, -0.2) is 18.1 Å². The minimum absolute atomic E-state index is 0.299. The fourth-order valence-electron chi connectivity index (χ4n) is 2.73. The molecule has 2 heterocycles. The Morgan fingerprint density at radius 2 is 1.93 bits per heavy atom. The molecule has 146 valence electrons. The first-order valence-corrected chi connectivity index (χ1v) is 10.4. The second-order valence-electron chi connectivity index (χ2n) is 6.50. The van der Waals surface area contributed by atoms with Crippen molar-refractivity contribution in [2.24, 2.45) is 0 Å². The predicted molar refractivity (Wildman–Crippen MR) is 107 cm³/mol. The van der Waals surface area contributed by atoms with E-state index in [-0.39, 0.29) is 5.91 Å². The number of nitrogens with zero attached hydrogens (tertiary/aromatic N) is 3. The van der Waals surface area contributed by atoms with E-state index in [4.69, 9.17) is 0 Å². The molecular weight excluding hydrogens is 378 g/mol. The largest absolute Gasteiger partial charge is 0.348 e. The fourth-order valence-corrected chi connectivity index (χ4v) is 3.28. The summed E-state index contributed by atoms with van der Waals surface area (Å²) in [5.41, 5.74) is 3.45. The van der Waals surface area contributed by atoms with Crippen LogP contribution in [0.4, 0.5) is 5.69 Å². The van der Waals surface area contributed by atoms with Crippen LogP contribution in [0.5, 0.6) is 0 Å². The van der Waals surface area contributed by atoms with Gasteiger partial charge in [-0.05, 0) is 49.7 Å². The Hall–Kier alpha value is -3.20. The lowest BCUT2D eigenvalue weighted by Crippen LogP contribution is -2.23. The van der Waals surface area contributed by atoms with Gasteiger partial charge in [-0.2, -0.15) is 5.10 Å². The van der Waals surface area contributed by atoms with E-state index in [1.54, 1.807) is 29.1 Å². The molecule has 2 aromatic heterocycles. The highest BCUT2D eigenvalue weighted by Crippen LogP contribution is 2.13. The molecule has 2 N–H and O–H groups in total. The van der Waals surface area contributed by atoms with Crippen molar-refractivity contribution >= 4 is 21.6 Å². The SMILES string of the molecule is Cc1cc(C)n(-c2ccc(CNC(=O)c3cccc(NS(C)(=O)=O)c3)cn2)n1. The molecule has 0 unspecified atom stereocenters. The molecule has 0 aliphatic rings. The Kier molecular flexibility index (Phi) is 5.46. The number of hydrogen-bond acceptors (Lipinski definition) is 5. The maximum Gasteiger partial charge on any atom is 0.251 e. The molecule has 28 heavy (non-hydrogen) atoms. The molecule has 8 nitrogen and oxygen atoms in total. The lowest BCUT2D eigenvalue weighted by Gasteiger charge is -2.09. The lowest BCUT2D eigenvalue weighted by molar-refractivity contribution is 0.0951. The van der Waals surface area contributed by atoms with Crippen LogP contribution in [0.3, 0.4) is 0 Å². The van der Waals surface area contributed by atoms with Gasteiger partial charge in [-0.3, -0.25) is 9.52 Å². The van der Waals surface area contributed by atoms with Crippen molar-refractivity contribution in [2.45, 2.75) is 20.4 Å². The van der Waals surface area contributed by atoms with E-state index in [0.29, 0.717) is 23.6 Å². The van der Waals surface area contributed by atoms with Crippen molar-refractivity contribution in [2.75, 3.05) is 11.0 Å². The number of sulfonamides is 1. The quantitative estimate of drug-likeness (QED) is 0.661. The summed E-state index contributed by atoms with van der Waals surface area (Å²) in [6, 6.07) is 12.0. The zero-order valence-electron chi connectivity index (χ0n) is 15.8. The van der Waals surface area contributed by atoms with Crippen LogP contribution in [0.25, 0.3) is 5.82 Å². The molecule has 3 rings (SSSR count). The molecule has 3 aromatic rings. The third-order valence-corrected chi connectivity index (χ3v) is 4.52. The highest BCUT2D eigenvalue weighted by atomic mass is 32.2. The molecular formula is C19H21N5O3S. The number of benzene rings is 1. The summed E-state index contributed by atoms with van der Waals surface area (Å²) in [6.07, 6.45) is 2.75. The van der Waals surface area contributed by atoms with Gasteiger partial charge in [0.1, 0.15) is 0 Å². The summed E-state index contributed by atoms with van der Waals surface area (Å²) in [4.78, 5) is 16.7. The first-order chi connectivity index (χ1) is 13.2. The first-order valence-electron chi connectivity index (χ1n) is 8.56. The van der Waals surface area contributed by atoms with Crippen LogP contribution in [0.2, 0.25) is 0 Å². The summed E-state index contributed by atoms with van der Waals surface area (Å²) in [7, 11) is -3.40. The van der Waals surface area contributed by atoms with E-state index in [0.717, 1.165) is 23.2 Å². The molecule has 0 saturated carbocycles. The maximum absolute atomic E-state index is 12.3. The van der Waals surface area contributed by atoms with Crippen LogP contribution < -0.4 is 10.0 Å². The van der Waals surface area contributed by atoms with Gasteiger partial charge in [0, 0.05) is 29.7 Å². The maximum atomic E-state index is 12.3. The van der Waals surface area contributed by atoms with Gasteiger partial charge in [0.2, 0.25) is 10.0 Å². The van der Waals surface area contributed by atoms with Crippen LogP contribution in [-0.2, 0) is 16.6 Å². The number of pyridine rings is 1. The number of carbonyl (C=O) groups excluding carboxylic acids is 1. The zero-order valence-corrected chi connectivity index (χ0v) is 16.6. The van der Waals surface area contributed by atoms with Crippen LogP contribution in [-0.4, -0.2) is 35.3 Å². The number of anilines is 1. The number of aromatic nitrogens is 3. The molecule has 0 aliphatic carbocycles. The minimum atomic E-state index is -3.40. The fraction of sp³-hybridized carbons (Fsp3) is 0.211. The van der Waals surface area contributed by atoms with Gasteiger partial charge >= 0.3 is 0 Å². The van der Waals surface area contributed by atoms with E-state index in [1.165, 1.54) is 6.07 Å². The van der Waals surface area contributed by atoms with Gasteiger partial charge in [-0.1, -0.05) is 12.1 Å². The molecule has 0 spiro atoms. The highest BCUT2D eigenvalue weighted by molar-refractivity contribution is 7.92. The molecule has 0 atom stereocenters. The van der Waals surface area contributed by atoms with Crippen molar-refractivity contribution in [3.05, 3.63) is 71.2 Å². The van der Waals surface area contributed by atoms with E-state index >= 15 is 0 Å². The second-order valence-corrected chi connectivity index (χ2v) is 8.25. The summed E-state index contributed by atoms with van der Waals surface area (Å²) in [5.74, 6) is 0.403. The Morgan fingerprint density at radius 3 is 2.54 bits per heavy atom. The summed E-state index contributed by atoms with van der Waals surface area (Å²) < 4.78 is 26.8. The molecule has 1 aromatic carbocycles. The lowest BCUT2D eigenvalue weighted by atomic mass is 10.2. The van der Waals surface area contributed by atoms with Crippen molar-refractivity contribution < 1.29 is 13.2 Å². The average molecular weight is 399 g/mol. The van der Waals surface area contributed by atoms with Crippen molar-refractivity contribution in [3.63, 3.8) is 0 Å². The average Bonchev–Trinajstić information content (AvgIpc) is 2.97. The molecule has 0 aliphatic heterocycles. The third-order valence-electron chi connectivity index (χ3n) is 3.92. The Labute approximate surface area is 163 Å². The molecule has 1 amide bonds. The minimum Gasteiger partial charge on any atom is -0.348 e. The molecule has 0 radical (unpaired) electrons. The zero-order chi connectivity index (χ0) is 20.3. The van der Waals surface area contributed by atoms with E-state index in [9.17, 15) is 13.2 Å². The smallest absolute Gasteiger partial charge is 0.251 e. The highest BCUT2D eigenvalue weighted by Gasteiger charge is 2.09. The van der Waals surface area contributed by atoms with Gasteiger partial charge < -0.3 is 5.32 Å². The van der Waals surface area contributed by atoms with Gasteiger partial charge in [0.05, 0.1) is 11.9 Å². The number of aryl methyl sites for hydroxylation is 2. The van der Waals surface area contributed by atoms with Crippen LogP contribution in [0.1, 0.15) is 27.3 Å². The summed E-state index contributed by atoms with van der Waals surface area (Å²) >= 11 is 0. The van der Waals surface area contributed by atoms with Crippen LogP contribution in [0, 0.1) is 13.8 Å². The van der Waals surface area contributed by atoms with Crippen LogP contribution >= 0.6 is 0 Å². The summed E-state index contributed by atoms with van der Waals surface area (Å²) in [5, 5.41) is 7.19. The van der Waals surface area contributed by atoms with E-state index in [1.807, 2.05) is 32.0 Å². The van der Waals surface area contributed by atoms with Gasteiger partial charge in [0.25, 0.3) is 5.91 Å². The van der Waals surface area contributed by atoms with E-state index in [2.05, 4.69) is 20.1 Å².